The van der Waals surface area contributed by atoms with Crippen LogP contribution in [-0.4, -0.2) is 13.4 Å². The number of fused-ring (bicyclic) bond motifs is 8. The van der Waals surface area contributed by atoms with E-state index < -0.39 is 0 Å². The minimum atomic E-state index is -0.275. The number of hydrogen-bond donors (Lipinski definition) is 0. The van der Waals surface area contributed by atoms with Gasteiger partial charge in [0, 0.05) is 69.9 Å². The highest BCUT2D eigenvalue weighted by Crippen LogP contribution is 2.51. The molecule has 4 aliphatic heterocycles. The summed E-state index contributed by atoms with van der Waals surface area (Å²) in [5, 5.41) is 0. The van der Waals surface area contributed by atoms with Crippen molar-refractivity contribution in [1.82, 2.24) is 0 Å². The van der Waals surface area contributed by atoms with Crippen LogP contribution in [-0.2, 0) is 32.5 Å². The fraction of sp³-hybridized carbons (Fsp3) is 0.308. The molecule has 9 aromatic rings. The predicted molar refractivity (Wildman–Crippen MR) is 363 cm³/mol. The van der Waals surface area contributed by atoms with E-state index in [1.54, 1.807) is 0 Å². The number of benzene rings is 9. The topological polar surface area (TPSA) is 43.4 Å². The number of anilines is 6. The van der Waals surface area contributed by atoms with Crippen LogP contribution < -0.4 is 61.5 Å². The second-order valence-electron chi connectivity index (χ2n) is 30.7. The molecule has 0 unspecified atom stereocenters. The molecule has 9 aromatic carbocycles. The van der Waals surface area contributed by atoms with Crippen molar-refractivity contribution in [1.29, 1.82) is 0 Å². The monoisotopic (exact) mass is 1130 g/mol. The van der Waals surface area contributed by atoms with Gasteiger partial charge < -0.3 is 28.7 Å². The van der Waals surface area contributed by atoms with Crippen molar-refractivity contribution in [2.24, 2.45) is 0 Å². The van der Waals surface area contributed by atoms with Crippen LogP contribution in [0.15, 0.2) is 170 Å². The van der Waals surface area contributed by atoms with Crippen LogP contribution in [0.4, 0.5) is 34.1 Å². The summed E-state index contributed by atoms with van der Waals surface area (Å²) in [6.45, 7) is 41.7. The first-order valence-corrected chi connectivity index (χ1v) is 30.9. The molecular weight excluding hydrogens is 1050 g/mol. The van der Waals surface area contributed by atoms with E-state index >= 15 is 0 Å². The second-order valence-corrected chi connectivity index (χ2v) is 30.7. The number of ether oxygens (including phenoxy) is 4. The van der Waals surface area contributed by atoms with Gasteiger partial charge in [0.15, 0.2) is 0 Å². The van der Waals surface area contributed by atoms with E-state index in [4.69, 9.17) is 18.9 Å². The van der Waals surface area contributed by atoms with Crippen LogP contribution in [0.3, 0.4) is 0 Å². The van der Waals surface area contributed by atoms with Crippen molar-refractivity contribution < 1.29 is 18.9 Å². The number of hydrogen-bond acceptors (Lipinski definition) is 6. The van der Waals surface area contributed by atoms with Gasteiger partial charge >= 0.3 is 0 Å². The van der Waals surface area contributed by atoms with Crippen molar-refractivity contribution in [3.05, 3.63) is 203 Å². The molecule has 0 radical (unpaired) electrons. The van der Waals surface area contributed by atoms with Crippen LogP contribution in [0.1, 0.15) is 158 Å². The van der Waals surface area contributed by atoms with E-state index in [0.29, 0.717) is 5.75 Å². The maximum absolute atomic E-state index is 7.50. The summed E-state index contributed by atoms with van der Waals surface area (Å²) in [4.78, 5) is 5.09. The van der Waals surface area contributed by atoms with Gasteiger partial charge in [-0.25, -0.2) is 0 Å². The first kappa shape index (κ1) is 57.0. The number of nitrogens with zero attached hydrogens (tertiary/aromatic N) is 2. The molecule has 0 amide bonds. The summed E-state index contributed by atoms with van der Waals surface area (Å²) in [7, 11) is 0. The maximum Gasteiger partial charge on any atom is 0.261 e. The highest BCUT2D eigenvalue weighted by Gasteiger charge is 2.50. The van der Waals surface area contributed by atoms with Crippen molar-refractivity contribution >= 4 is 80.3 Å². The van der Waals surface area contributed by atoms with Crippen LogP contribution in [0.5, 0.6) is 46.0 Å². The Labute approximate surface area is 512 Å². The third kappa shape index (κ3) is 9.85. The quantitative estimate of drug-likeness (QED) is 0.155. The Morgan fingerprint density at radius 3 is 1.20 bits per heavy atom. The van der Waals surface area contributed by atoms with Crippen LogP contribution >= 0.6 is 0 Å². The lowest BCUT2D eigenvalue weighted by molar-refractivity contribution is 0.440. The highest BCUT2D eigenvalue weighted by atomic mass is 16.5. The molecule has 0 atom stereocenters. The van der Waals surface area contributed by atoms with Gasteiger partial charge in [-0.2, -0.15) is 0 Å². The lowest BCUT2D eigenvalue weighted by Crippen LogP contribution is -2.65. The van der Waals surface area contributed by atoms with Gasteiger partial charge in [0.1, 0.15) is 46.0 Å². The average molecular weight is 1130 g/mol. The van der Waals surface area contributed by atoms with Gasteiger partial charge in [0.25, 0.3) is 13.4 Å². The molecule has 0 fully saturated rings. The summed E-state index contributed by atoms with van der Waals surface area (Å²) >= 11 is 0. The Morgan fingerprint density at radius 1 is 0.291 bits per heavy atom. The van der Waals surface area contributed by atoms with Crippen molar-refractivity contribution in [2.75, 3.05) is 9.80 Å². The molecule has 4 heterocycles. The number of para-hydroxylation sites is 3. The van der Waals surface area contributed by atoms with Gasteiger partial charge in [-0.15, -0.1) is 0 Å². The zero-order chi connectivity index (χ0) is 60.9. The molecule has 8 heteroatoms. The minimum Gasteiger partial charge on any atom is -0.458 e. The molecule has 0 N–H and O–H groups in total. The molecular formula is C78H82B2N2O4. The third-order valence-corrected chi connectivity index (χ3v) is 18.1. The molecule has 6 nitrogen and oxygen atoms in total. The van der Waals surface area contributed by atoms with E-state index in [0.717, 1.165) is 79.6 Å². The molecule has 0 saturated heterocycles. The SMILES string of the molecule is CC(C)(C)c1cc(N2c3cc(Oc4ccccc4)cc4c3B(c3cc5c(cc3N4c3ccccc3)Oc3cc(Oc4ccccc4)cc4c3B5c3c(cc(C(C)(C)C)cc3C(C)(C)C)O4)c3c2cc(C(C)(C)C)cc3C(C)(C)C)cc(C(C)(C)C)c1. The summed E-state index contributed by atoms with van der Waals surface area (Å²) < 4.78 is 28.6. The standard InChI is InChI=1S/C78H82B2N2O4/c1-73(2,3)47-34-48(74(4,5)6)36-52(35-47)82-62-39-49(75(7,8)9)37-57(77(13,14)15)69(62)79-59-45-60-65(46-61(59)81(51-28-22-19-23-29-51)63-41-55(42-64(82)71(63)79)83-53-30-24-20-25-31-53)85-67-43-56(84-54-32-26-21-27-33-54)44-68-72(67)80(60)70-58(78(16,17)18)38-50(76(10,11)12)40-66(70)86-68/h19-46H,1-18H3. The Bertz CT molecular complexity index is 4150. The van der Waals surface area contributed by atoms with Gasteiger partial charge in [0.2, 0.25) is 0 Å². The molecule has 434 valence electrons. The van der Waals surface area contributed by atoms with E-state index in [1.165, 1.54) is 60.9 Å². The molecule has 13 rings (SSSR count). The smallest absolute Gasteiger partial charge is 0.261 e. The first-order chi connectivity index (χ1) is 40.4. The minimum absolute atomic E-state index is 0.137. The highest BCUT2D eigenvalue weighted by molar-refractivity contribution is 7.02. The molecule has 0 spiro atoms. The summed E-state index contributed by atoms with van der Waals surface area (Å²) in [5.74, 6) is 6.02. The van der Waals surface area contributed by atoms with Gasteiger partial charge in [-0.05, 0) is 154 Å². The predicted octanol–water partition coefficient (Wildman–Crippen LogP) is 17.9. The maximum atomic E-state index is 7.50. The normalized spacial score (nSPS) is 14.3. The molecule has 86 heavy (non-hydrogen) atoms. The van der Waals surface area contributed by atoms with Crippen molar-refractivity contribution in [2.45, 2.75) is 157 Å². The lowest BCUT2D eigenvalue weighted by Gasteiger charge is -2.47. The van der Waals surface area contributed by atoms with E-state index in [1.807, 2.05) is 60.7 Å². The zero-order valence-corrected chi connectivity index (χ0v) is 53.8. The van der Waals surface area contributed by atoms with E-state index in [-0.39, 0.29) is 45.9 Å². The summed E-state index contributed by atoms with van der Waals surface area (Å²) in [6.07, 6.45) is 0. The largest absolute Gasteiger partial charge is 0.458 e. The van der Waals surface area contributed by atoms with Gasteiger partial charge in [-0.3, -0.25) is 0 Å². The van der Waals surface area contributed by atoms with E-state index in [9.17, 15) is 0 Å². The summed E-state index contributed by atoms with van der Waals surface area (Å²) in [5.41, 5.74) is 20.1. The second kappa shape index (κ2) is 19.7. The average Bonchev–Trinajstić information content (AvgIpc) is 0.695. The molecule has 0 saturated carbocycles. The van der Waals surface area contributed by atoms with Gasteiger partial charge in [0.05, 0.1) is 0 Å². The molecule has 4 aliphatic rings. The van der Waals surface area contributed by atoms with E-state index in [2.05, 4.69) is 244 Å². The Kier molecular flexibility index (Phi) is 13.1. The molecule has 0 bridgehead atoms. The summed E-state index contributed by atoms with van der Waals surface area (Å²) in [6, 6.07) is 61.9. The Hall–Kier alpha value is -8.09. The fourth-order valence-electron chi connectivity index (χ4n) is 13.4. The molecule has 0 aromatic heterocycles. The Morgan fingerprint density at radius 2 is 0.698 bits per heavy atom. The van der Waals surface area contributed by atoms with Crippen LogP contribution in [0, 0.1) is 0 Å². The fourth-order valence-corrected chi connectivity index (χ4v) is 13.4. The third-order valence-electron chi connectivity index (χ3n) is 18.1. The van der Waals surface area contributed by atoms with Crippen LogP contribution in [0.25, 0.3) is 0 Å². The van der Waals surface area contributed by atoms with Crippen LogP contribution in [0.2, 0.25) is 0 Å². The molecule has 0 aliphatic carbocycles. The zero-order valence-electron chi connectivity index (χ0n) is 53.8. The lowest BCUT2D eigenvalue weighted by atomic mass is 9.29. The Balaban J connectivity index is 1.17. The van der Waals surface area contributed by atoms with Crippen molar-refractivity contribution in [3.63, 3.8) is 0 Å². The number of rotatable bonds is 6. The first-order valence-electron chi connectivity index (χ1n) is 30.9. The van der Waals surface area contributed by atoms with Crippen molar-refractivity contribution in [3.8, 4) is 46.0 Å². The van der Waals surface area contributed by atoms with Gasteiger partial charge in [-0.1, -0.05) is 203 Å².